The smallest absolute Gasteiger partial charge is 0.0981 e. The van der Waals surface area contributed by atoms with Gasteiger partial charge in [-0.1, -0.05) is 20.8 Å². The number of nitrogens with one attached hydrogen (secondary N) is 1. The van der Waals surface area contributed by atoms with Crippen LogP contribution in [0.15, 0.2) is 6.20 Å². The molecule has 0 aliphatic heterocycles. The van der Waals surface area contributed by atoms with Crippen LogP contribution in [0.3, 0.4) is 0 Å². The van der Waals surface area contributed by atoms with E-state index in [2.05, 4.69) is 50.1 Å². The molecule has 0 aliphatic carbocycles. The van der Waals surface area contributed by atoms with Crippen molar-refractivity contribution < 1.29 is 4.74 Å². The number of hydrogen-bond donors (Lipinski definition) is 1. The SMILES string of the molecule is CN(C)CCOCCNCc1cnc(C(C)(C)C)s1. The van der Waals surface area contributed by atoms with Crippen molar-refractivity contribution in [2.75, 3.05) is 40.4 Å². The van der Waals surface area contributed by atoms with E-state index < -0.39 is 0 Å². The predicted octanol–water partition coefficient (Wildman–Crippen LogP) is 2.11. The summed E-state index contributed by atoms with van der Waals surface area (Å²) >= 11 is 1.79. The van der Waals surface area contributed by atoms with Crippen molar-refractivity contribution in [3.8, 4) is 0 Å². The van der Waals surface area contributed by atoms with E-state index in [1.165, 1.54) is 9.88 Å². The maximum absolute atomic E-state index is 5.53. The largest absolute Gasteiger partial charge is 0.379 e. The molecular formula is C14H27N3OS. The number of thiazole rings is 1. The Morgan fingerprint density at radius 2 is 2.05 bits per heavy atom. The molecule has 0 aromatic carbocycles. The second-order valence-corrected chi connectivity index (χ2v) is 7.09. The average molecular weight is 285 g/mol. The molecule has 1 rings (SSSR count). The summed E-state index contributed by atoms with van der Waals surface area (Å²) in [6.45, 7) is 10.9. The number of rotatable bonds is 8. The summed E-state index contributed by atoms with van der Waals surface area (Å²) in [4.78, 5) is 7.89. The lowest BCUT2D eigenvalue weighted by atomic mass is 9.98. The van der Waals surface area contributed by atoms with Gasteiger partial charge in [-0.05, 0) is 14.1 Å². The van der Waals surface area contributed by atoms with E-state index in [-0.39, 0.29) is 5.41 Å². The maximum Gasteiger partial charge on any atom is 0.0981 e. The highest BCUT2D eigenvalue weighted by Crippen LogP contribution is 2.26. The lowest BCUT2D eigenvalue weighted by Gasteiger charge is -2.13. The van der Waals surface area contributed by atoms with E-state index >= 15 is 0 Å². The molecule has 0 radical (unpaired) electrons. The molecule has 4 nitrogen and oxygen atoms in total. The molecule has 1 aromatic rings. The third-order valence-corrected chi connectivity index (χ3v) is 4.02. The monoisotopic (exact) mass is 285 g/mol. The third-order valence-electron chi connectivity index (χ3n) is 2.60. The van der Waals surface area contributed by atoms with Crippen LogP contribution in [0, 0.1) is 0 Å². The maximum atomic E-state index is 5.53. The van der Waals surface area contributed by atoms with Crippen molar-refractivity contribution in [3.63, 3.8) is 0 Å². The molecule has 0 saturated carbocycles. The molecule has 1 aromatic heterocycles. The molecular weight excluding hydrogens is 258 g/mol. The molecule has 0 bridgehead atoms. The molecule has 0 aliphatic rings. The Hall–Kier alpha value is -0.490. The van der Waals surface area contributed by atoms with Gasteiger partial charge < -0.3 is 15.0 Å². The fourth-order valence-electron chi connectivity index (χ4n) is 1.44. The first-order valence-electron chi connectivity index (χ1n) is 6.78. The van der Waals surface area contributed by atoms with Crippen molar-refractivity contribution in [1.29, 1.82) is 0 Å². The van der Waals surface area contributed by atoms with Crippen LogP contribution in [0.5, 0.6) is 0 Å². The Labute approximate surface area is 121 Å². The van der Waals surface area contributed by atoms with Crippen LogP contribution < -0.4 is 5.32 Å². The Balaban J connectivity index is 2.11. The second kappa shape index (κ2) is 7.94. The third kappa shape index (κ3) is 7.01. The van der Waals surface area contributed by atoms with Crippen molar-refractivity contribution in [2.24, 2.45) is 0 Å². The van der Waals surface area contributed by atoms with Crippen LogP contribution in [0.4, 0.5) is 0 Å². The topological polar surface area (TPSA) is 37.4 Å². The average Bonchev–Trinajstić information content (AvgIpc) is 2.75. The van der Waals surface area contributed by atoms with Crippen LogP contribution in [0.1, 0.15) is 30.7 Å². The Bertz CT molecular complexity index is 358. The molecule has 1 heterocycles. The van der Waals surface area contributed by atoms with Gasteiger partial charge in [-0.15, -0.1) is 11.3 Å². The van der Waals surface area contributed by atoms with E-state index in [0.717, 1.165) is 32.8 Å². The van der Waals surface area contributed by atoms with Crippen LogP contribution in [-0.4, -0.2) is 50.3 Å². The minimum atomic E-state index is 0.151. The van der Waals surface area contributed by atoms with Gasteiger partial charge in [-0.3, -0.25) is 0 Å². The molecule has 0 atom stereocenters. The minimum Gasteiger partial charge on any atom is -0.379 e. The highest BCUT2D eigenvalue weighted by Gasteiger charge is 2.17. The molecule has 1 N–H and O–H groups in total. The summed E-state index contributed by atoms with van der Waals surface area (Å²) in [5.41, 5.74) is 0.151. The van der Waals surface area contributed by atoms with Crippen LogP contribution in [0.25, 0.3) is 0 Å². The zero-order chi connectivity index (χ0) is 14.3. The summed E-state index contributed by atoms with van der Waals surface area (Å²) in [6, 6.07) is 0. The summed E-state index contributed by atoms with van der Waals surface area (Å²) in [6.07, 6.45) is 1.98. The van der Waals surface area contributed by atoms with Crippen LogP contribution in [0.2, 0.25) is 0 Å². The number of nitrogens with zero attached hydrogens (tertiary/aromatic N) is 2. The van der Waals surface area contributed by atoms with Gasteiger partial charge in [0.15, 0.2) is 0 Å². The van der Waals surface area contributed by atoms with Gasteiger partial charge in [-0.2, -0.15) is 0 Å². The number of ether oxygens (including phenoxy) is 1. The lowest BCUT2D eigenvalue weighted by molar-refractivity contribution is 0.119. The van der Waals surface area contributed by atoms with Gasteiger partial charge in [0.25, 0.3) is 0 Å². The molecule has 0 spiro atoms. The minimum absolute atomic E-state index is 0.151. The Morgan fingerprint density at radius 3 is 2.63 bits per heavy atom. The quantitative estimate of drug-likeness (QED) is 0.742. The van der Waals surface area contributed by atoms with E-state index in [1.807, 2.05) is 6.20 Å². The van der Waals surface area contributed by atoms with Crippen molar-refractivity contribution in [3.05, 3.63) is 16.1 Å². The van der Waals surface area contributed by atoms with Crippen LogP contribution in [-0.2, 0) is 16.7 Å². The summed E-state index contributed by atoms with van der Waals surface area (Å²) in [7, 11) is 4.11. The summed E-state index contributed by atoms with van der Waals surface area (Å²) in [5, 5.41) is 4.59. The van der Waals surface area contributed by atoms with Crippen molar-refractivity contribution in [1.82, 2.24) is 15.2 Å². The molecule has 0 saturated heterocycles. The van der Waals surface area contributed by atoms with Gasteiger partial charge >= 0.3 is 0 Å². The fraction of sp³-hybridized carbons (Fsp3) is 0.786. The standard InChI is InChI=1S/C14H27N3OS/c1-14(2,3)13-16-11-12(19-13)10-15-6-8-18-9-7-17(4)5/h11,15H,6-10H2,1-5H3. The van der Waals surface area contributed by atoms with Crippen molar-refractivity contribution in [2.45, 2.75) is 32.7 Å². The molecule has 0 unspecified atom stereocenters. The summed E-state index contributed by atoms with van der Waals surface area (Å²) in [5.74, 6) is 0. The first-order chi connectivity index (χ1) is 8.89. The Kier molecular flexibility index (Phi) is 6.93. The van der Waals surface area contributed by atoms with E-state index in [9.17, 15) is 0 Å². The lowest BCUT2D eigenvalue weighted by Crippen LogP contribution is -2.22. The Morgan fingerprint density at radius 1 is 1.32 bits per heavy atom. The van der Waals surface area contributed by atoms with Crippen LogP contribution >= 0.6 is 11.3 Å². The van der Waals surface area contributed by atoms with Gasteiger partial charge in [0.2, 0.25) is 0 Å². The van der Waals surface area contributed by atoms with Gasteiger partial charge in [-0.25, -0.2) is 4.98 Å². The first-order valence-corrected chi connectivity index (χ1v) is 7.59. The fourth-order valence-corrected chi connectivity index (χ4v) is 2.38. The van der Waals surface area contributed by atoms with Crippen molar-refractivity contribution >= 4 is 11.3 Å². The molecule has 5 heteroatoms. The van der Waals surface area contributed by atoms with E-state index in [1.54, 1.807) is 11.3 Å². The predicted molar refractivity (Wildman–Crippen MR) is 81.9 cm³/mol. The zero-order valence-corrected chi connectivity index (χ0v) is 13.6. The number of hydrogen-bond acceptors (Lipinski definition) is 5. The van der Waals surface area contributed by atoms with Gasteiger partial charge in [0.05, 0.1) is 18.2 Å². The van der Waals surface area contributed by atoms with E-state index in [4.69, 9.17) is 4.74 Å². The second-order valence-electron chi connectivity index (χ2n) is 5.97. The molecule has 19 heavy (non-hydrogen) atoms. The highest BCUT2D eigenvalue weighted by molar-refractivity contribution is 7.11. The highest BCUT2D eigenvalue weighted by atomic mass is 32.1. The zero-order valence-electron chi connectivity index (χ0n) is 12.8. The van der Waals surface area contributed by atoms with Gasteiger partial charge in [0.1, 0.15) is 0 Å². The molecule has 110 valence electrons. The van der Waals surface area contributed by atoms with E-state index in [0.29, 0.717) is 0 Å². The molecule has 0 fully saturated rings. The molecule has 0 amide bonds. The number of aromatic nitrogens is 1. The number of likely N-dealkylation sites (N-methyl/N-ethyl adjacent to an activating group) is 1. The normalized spacial score (nSPS) is 12.3. The van der Waals surface area contributed by atoms with Gasteiger partial charge in [0, 0.05) is 36.1 Å². The first kappa shape index (κ1) is 16.6. The summed E-state index contributed by atoms with van der Waals surface area (Å²) < 4.78 is 5.53.